The zero-order chi connectivity index (χ0) is 58.3. The van der Waals surface area contributed by atoms with E-state index in [2.05, 4.69) is 40.9 Å². The number of nitrogens with zero attached hydrogens (tertiary/aromatic N) is 15. The van der Waals surface area contributed by atoms with Crippen LogP contribution in [-0.4, -0.2) is 160 Å². The molecule has 0 bridgehead atoms. The van der Waals surface area contributed by atoms with Gasteiger partial charge in [0.2, 0.25) is 11.8 Å². The van der Waals surface area contributed by atoms with Gasteiger partial charge in [0.1, 0.15) is 64.4 Å². The van der Waals surface area contributed by atoms with Gasteiger partial charge in [-0.2, -0.15) is 26.3 Å². The lowest BCUT2D eigenvalue weighted by atomic mass is 10.2. The van der Waals surface area contributed by atoms with Gasteiger partial charge in [-0.1, -0.05) is 22.4 Å². The standard InChI is InChI=1S/C24H26F3N9O4.C13H16ClF3N4O.C12H12N4O3/c1-15-10-16(31-40-15)11-36-22(38)20-21(32(2)23(36)39)28-14-35(20)12-19(37)30-17-4-3-5-18(29-17)34-8-6-33(7-9-34)13-24(25,26)27;14-8-12(22)19-10-2-1-3-11(18-10)21-6-4-20(5-7-21)9-13(15,16)17;1-7-5-8(14-19-7)6-16-11(17)9-3-4-13-10(9)15(2)12(16)18/h3-5,10,14H,6-9,11-13H2,1-2H3,(H,29,30,37);1-3H,4-9H2,(H,18,19,22);4-5H,3,6H2,1-2H3. The van der Waals surface area contributed by atoms with Crippen LogP contribution in [0.25, 0.3) is 11.2 Å². The Morgan fingerprint density at radius 2 is 1.15 bits per heavy atom. The summed E-state index contributed by atoms with van der Waals surface area (Å²) in [6.07, 6.45) is -5.02. The highest BCUT2D eigenvalue weighted by Crippen LogP contribution is 2.23. The summed E-state index contributed by atoms with van der Waals surface area (Å²) in [4.78, 5) is 98.0. The van der Waals surface area contributed by atoms with Gasteiger partial charge in [0.05, 0.1) is 38.1 Å². The van der Waals surface area contributed by atoms with Crippen molar-refractivity contribution in [2.24, 2.45) is 19.1 Å². The van der Waals surface area contributed by atoms with Crippen molar-refractivity contribution in [3.63, 3.8) is 0 Å². The highest BCUT2D eigenvalue weighted by molar-refractivity contribution is 6.29. The summed E-state index contributed by atoms with van der Waals surface area (Å²) < 4.78 is 91.1. The van der Waals surface area contributed by atoms with Gasteiger partial charge < -0.3 is 34.0 Å². The van der Waals surface area contributed by atoms with E-state index in [0.29, 0.717) is 97.4 Å². The van der Waals surface area contributed by atoms with E-state index in [-0.39, 0.29) is 67.1 Å². The van der Waals surface area contributed by atoms with Crippen molar-refractivity contribution in [1.82, 2.24) is 57.9 Å². The van der Waals surface area contributed by atoms with Crippen molar-refractivity contribution >= 4 is 69.9 Å². The smallest absolute Gasteiger partial charge is 0.361 e. The molecular weight excluding hydrogens is 1100 g/mol. The van der Waals surface area contributed by atoms with Gasteiger partial charge in [0, 0.05) is 91.2 Å². The Kier molecular flexibility index (Phi) is 18.1. The molecule has 0 aromatic carbocycles. The first-order valence-corrected chi connectivity index (χ1v) is 25.5. The second-order valence-electron chi connectivity index (χ2n) is 18.9. The van der Waals surface area contributed by atoms with Gasteiger partial charge in [-0.15, -0.1) is 11.6 Å². The number of imidazole rings is 1. The van der Waals surface area contributed by atoms with Crippen LogP contribution in [0.2, 0.25) is 0 Å². The normalized spacial score (nSPS) is 14.8. The van der Waals surface area contributed by atoms with Gasteiger partial charge in [0.25, 0.3) is 11.1 Å². The van der Waals surface area contributed by atoms with Gasteiger partial charge in [-0.25, -0.2) is 29.5 Å². The molecule has 2 amide bonds. The van der Waals surface area contributed by atoms with Crippen LogP contribution in [0.1, 0.15) is 28.5 Å². The fraction of sp³-hybridized carbons (Fsp3) is 0.429. The molecule has 2 fully saturated rings. The second kappa shape index (κ2) is 24.9. The Morgan fingerprint density at radius 3 is 1.62 bits per heavy atom. The molecule has 7 aromatic rings. The molecule has 25 nitrogen and oxygen atoms in total. The van der Waals surface area contributed by atoms with Crippen molar-refractivity contribution in [3.05, 3.63) is 125 Å². The van der Waals surface area contributed by atoms with E-state index in [1.807, 2.05) is 9.80 Å². The van der Waals surface area contributed by atoms with Crippen LogP contribution in [0.4, 0.5) is 55.4 Å². The Balaban J connectivity index is 0.000000176. The van der Waals surface area contributed by atoms with Crippen LogP contribution in [0, 0.1) is 13.8 Å². The minimum Gasteiger partial charge on any atom is -0.361 e. The van der Waals surface area contributed by atoms with Crippen LogP contribution in [0.3, 0.4) is 0 Å². The van der Waals surface area contributed by atoms with Crippen molar-refractivity contribution in [3.8, 4) is 0 Å². The van der Waals surface area contributed by atoms with Crippen LogP contribution >= 0.6 is 11.6 Å². The number of pyridine rings is 2. The molecule has 0 atom stereocenters. The number of hydrogen-bond donors (Lipinski definition) is 2. The summed E-state index contributed by atoms with van der Waals surface area (Å²) >= 11 is 5.41. The predicted molar refractivity (Wildman–Crippen MR) is 284 cm³/mol. The van der Waals surface area contributed by atoms with E-state index in [1.165, 1.54) is 36.9 Å². The van der Waals surface area contributed by atoms with E-state index >= 15 is 0 Å². The number of nitrogens with one attached hydrogen (secondary N) is 2. The monoisotopic (exact) mass is 1160 g/mol. The number of anilines is 4. The average molecular weight is 1160 g/mol. The third-order valence-corrected chi connectivity index (χ3v) is 13.1. The fourth-order valence-corrected chi connectivity index (χ4v) is 9.11. The van der Waals surface area contributed by atoms with E-state index < -0.39 is 48.3 Å². The molecule has 0 radical (unpaired) electrons. The highest BCUT2D eigenvalue weighted by atomic mass is 35.5. The maximum atomic E-state index is 13.3. The molecule has 0 spiro atoms. The summed E-state index contributed by atoms with van der Waals surface area (Å²) in [6.45, 7) is 4.07. The third-order valence-electron chi connectivity index (χ3n) is 12.9. The molecule has 32 heteroatoms. The summed E-state index contributed by atoms with van der Waals surface area (Å²) in [5.74, 6) is 2.37. The van der Waals surface area contributed by atoms with Gasteiger partial charge >= 0.3 is 23.7 Å². The first-order chi connectivity index (χ1) is 38.4. The van der Waals surface area contributed by atoms with Crippen molar-refractivity contribution in [2.45, 2.75) is 52.3 Å². The number of hydrogen-bond acceptors (Lipinski definition) is 18. The molecule has 10 heterocycles. The van der Waals surface area contributed by atoms with Crippen molar-refractivity contribution in [1.29, 1.82) is 0 Å². The number of aromatic nitrogens is 10. The molecule has 3 aliphatic rings. The van der Waals surface area contributed by atoms with E-state index in [1.54, 1.807) is 75.6 Å². The molecule has 10 rings (SSSR count). The third kappa shape index (κ3) is 14.9. The molecular formula is C49H54ClF6N17O8. The number of aryl methyl sites for hydroxylation is 3. The van der Waals surface area contributed by atoms with Crippen molar-refractivity contribution in [2.75, 3.05) is 91.8 Å². The number of alkyl halides is 7. The Hall–Kier alpha value is -8.45. The molecule has 432 valence electrons. The average Bonchev–Trinajstić information content (AvgIpc) is 4.35. The van der Waals surface area contributed by atoms with E-state index in [9.17, 15) is 55.1 Å². The Bertz CT molecular complexity index is 3680. The minimum atomic E-state index is -4.25. The van der Waals surface area contributed by atoms with Gasteiger partial charge in [0.15, 0.2) is 11.2 Å². The first kappa shape index (κ1) is 58.7. The Morgan fingerprint density at radius 1 is 0.667 bits per heavy atom. The predicted octanol–water partition coefficient (Wildman–Crippen LogP) is 3.05. The lowest BCUT2D eigenvalue weighted by Gasteiger charge is -2.35. The largest absolute Gasteiger partial charge is 0.401 e. The molecule has 0 aliphatic carbocycles. The zero-order valence-electron chi connectivity index (χ0n) is 44.0. The number of carbonyl (C=O) groups excluding carboxylic acids is 2. The lowest BCUT2D eigenvalue weighted by molar-refractivity contribution is -0.147. The SMILES string of the molecule is Cc1cc(Cn2c(=O)c3c(n(C)c2=O)N=CC3)no1.Cc1cc(Cn2c(=O)c3c(ncn3CC(=O)Nc3cccc(N4CCN(CC(F)(F)F)CC4)n3)n(C)c2=O)no1.O=C(CCl)Nc1cccc(N2CCN(CC(F)(F)F)CC2)n1. The summed E-state index contributed by atoms with van der Waals surface area (Å²) in [5.41, 5.74) is -0.247. The Labute approximate surface area is 459 Å². The van der Waals surface area contributed by atoms with E-state index in [4.69, 9.17) is 20.6 Å². The topological polar surface area (TPSA) is 267 Å². The number of halogens is 7. The number of rotatable bonds is 13. The fourth-order valence-electron chi connectivity index (χ4n) is 9.04. The molecule has 7 aromatic heterocycles. The molecule has 3 aliphatic heterocycles. The van der Waals surface area contributed by atoms with Crippen molar-refractivity contribution < 1.29 is 45.0 Å². The first-order valence-electron chi connectivity index (χ1n) is 25.0. The summed E-state index contributed by atoms with van der Waals surface area (Å²) in [5, 5.41) is 12.9. The highest BCUT2D eigenvalue weighted by Gasteiger charge is 2.34. The van der Waals surface area contributed by atoms with Crippen LogP contribution in [0.15, 0.2) is 88.1 Å². The number of carbonyl (C=O) groups is 2. The maximum Gasteiger partial charge on any atom is 0.401 e. The number of amides is 2. The zero-order valence-corrected chi connectivity index (χ0v) is 44.8. The maximum absolute atomic E-state index is 13.3. The molecule has 0 saturated carbocycles. The quantitative estimate of drug-likeness (QED) is 0.124. The molecule has 2 saturated heterocycles. The van der Waals surface area contributed by atoms with Crippen LogP contribution in [0.5, 0.6) is 0 Å². The second-order valence-corrected chi connectivity index (χ2v) is 19.2. The molecule has 81 heavy (non-hydrogen) atoms. The molecule has 0 unspecified atom stereocenters. The van der Waals surface area contributed by atoms with Crippen LogP contribution in [-0.2, 0) is 49.7 Å². The van der Waals surface area contributed by atoms with Gasteiger partial charge in [-0.05, 0) is 38.1 Å². The van der Waals surface area contributed by atoms with E-state index in [0.717, 1.165) is 9.13 Å². The minimum absolute atomic E-state index is 0.0657. The number of piperazine rings is 2. The molecule has 2 N–H and O–H groups in total. The number of fused-ring (bicyclic) bond motifs is 2. The van der Waals surface area contributed by atoms with Crippen LogP contribution < -0.4 is 42.9 Å². The number of aliphatic imine (C=N–C) groups is 1. The summed E-state index contributed by atoms with van der Waals surface area (Å²) in [6, 6.07) is 13.4. The van der Waals surface area contributed by atoms with Gasteiger partial charge in [-0.3, -0.25) is 47.2 Å². The summed E-state index contributed by atoms with van der Waals surface area (Å²) in [7, 11) is 3.08. The lowest BCUT2D eigenvalue weighted by Crippen LogP contribution is -2.49.